The first-order valence-electron chi connectivity index (χ1n) is 6.80. The fourth-order valence-corrected chi connectivity index (χ4v) is 2.21. The molecule has 0 saturated heterocycles. The number of ether oxygens (including phenoxy) is 2. The first-order valence-corrected chi connectivity index (χ1v) is 6.80. The van der Waals surface area contributed by atoms with Crippen LogP contribution in [0, 0.1) is 11.3 Å². The lowest BCUT2D eigenvalue weighted by atomic mass is 9.71. The van der Waals surface area contributed by atoms with E-state index in [0.29, 0.717) is 0 Å². The van der Waals surface area contributed by atoms with Gasteiger partial charge in [-0.1, -0.05) is 27.2 Å². The molecule has 0 rings (SSSR count). The summed E-state index contributed by atoms with van der Waals surface area (Å²) in [4.78, 5) is 24.0. The van der Waals surface area contributed by atoms with Crippen molar-refractivity contribution in [2.75, 3.05) is 13.2 Å². The first-order chi connectivity index (χ1) is 8.46. The predicted octanol–water partition coefficient (Wildman–Crippen LogP) is 2.95. The van der Waals surface area contributed by atoms with Gasteiger partial charge in [-0.05, 0) is 32.1 Å². The minimum atomic E-state index is -0.817. The molecule has 0 heterocycles. The Balaban J connectivity index is 5.16. The fourth-order valence-electron chi connectivity index (χ4n) is 2.21. The van der Waals surface area contributed by atoms with E-state index in [1.54, 1.807) is 13.8 Å². The maximum Gasteiger partial charge on any atom is 0.320 e. The van der Waals surface area contributed by atoms with Gasteiger partial charge in [-0.2, -0.15) is 0 Å². The molecule has 0 N–H and O–H groups in total. The zero-order valence-electron chi connectivity index (χ0n) is 12.2. The molecule has 0 amide bonds. The van der Waals surface area contributed by atoms with E-state index in [-0.39, 0.29) is 13.2 Å². The van der Waals surface area contributed by atoms with E-state index in [4.69, 9.17) is 9.47 Å². The minimum Gasteiger partial charge on any atom is -0.465 e. The number of hydrogen-bond donors (Lipinski definition) is 0. The quantitative estimate of drug-likeness (QED) is 0.496. The van der Waals surface area contributed by atoms with Crippen molar-refractivity contribution in [3.8, 4) is 0 Å². The van der Waals surface area contributed by atoms with Crippen molar-refractivity contribution < 1.29 is 19.1 Å². The van der Waals surface area contributed by atoms with Crippen LogP contribution in [0.3, 0.4) is 0 Å². The van der Waals surface area contributed by atoms with E-state index < -0.39 is 23.3 Å². The molecule has 1 atom stereocenters. The third-order valence-corrected chi connectivity index (χ3v) is 3.37. The van der Waals surface area contributed by atoms with E-state index in [1.165, 1.54) is 0 Å². The summed E-state index contributed by atoms with van der Waals surface area (Å²) < 4.78 is 10.1. The predicted molar refractivity (Wildman–Crippen MR) is 70.1 cm³/mol. The number of esters is 2. The van der Waals surface area contributed by atoms with Crippen LogP contribution in [0.25, 0.3) is 0 Å². The van der Waals surface area contributed by atoms with Gasteiger partial charge < -0.3 is 9.47 Å². The molecule has 0 saturated carbocycles. The van der Waals surface area contributed by atoms with Crippen molar-refractivity contribution in [2.24, 2.45) is 11.3 Å². The van der Waals surface area contributed by atoms with Crippen molar-refractivity contribution in [3.63, 3.8) is 0 Å². The number of rotatable bonds is 8. The smallest absolute Gasteiger partial charge is 0.320 e. The number of hydrogen-bond acceptors (Lipinski definition) is 4. The Labute approximate surface area is 110 Å². The van der Waals surface area contributed by atoms with Crippen LogP contribution in [-0.2, 0) is 19.1 Å². The zero-order valence-corrected chi connectivity index (χ0v) is 12.2. The number of carbonyl (C=O) groups is 2. The molecular weight excluding hydrogens is 232 g/mol. The second-order valence-corrected chi connectivity index (χ2v) is 4.69. The maximum absolute atomic E-state index is 12.0. The van der Waals surface area contributed by atoms with Gasteiger partial charge in [-0.15, -0.1) is 0 Å². The van der Waals surface area contributed by atoms with Crippen molar-refractivity contribution in [2.45, 2.75) is 53.9 Å². The van der Waals surface area contributed by atoms with Gasteiger partial charge >= 0.3 is 11.9 Å². The van der Waals surface area contributed by atoms with Gasteiger partial charge in [0.1, 0.15) is 0 Å². The molecule has 4 heteroatoms. The summed E-state index contributed by atoms with van der Waals surface area (Å²) in [5, 5.41) is 0. The average Bonchev–Trinajstić information content (AvgIpc) is 2.30. The molecular formula is C14H26O4. The summed E-state index contributed by atoms with van der Waals surface area (Å²) in [5.74, 6) is -1.75. The van der Waals surface area contributed by atoms with E-state index in [9.17, 15) is 9.59 Å². The molecule has 18 heavy (non-hydrogen) atoms. The third kappa shape index (κ3) is 4.31. The van der Waals surface area contributed by atoms with Gasteiger partial charge in [0.2, 0.25) is 0 Å². The topological polar surface area (TPSA) is 52.6 Å². The Morgan fingerprint density at radius 3 is 1.72 bits per heavy atom. The van der Waals surface area contributed by atoms with Crippen LogP contribution in [0.5, 0.6) is 0 Å². The Bertz CT molecular complexity index is 257. The molecule has 1 unspecified atom stereocenters. The van der Waals surface area contributed by atoms with E-state index in [0.717, 1.165) is 19.3 Å². The van der Waals surface area contributed by atoms with Crippen LogP contribution in [0.1, 0.15) is 53.9 Å². The van der Waals surface area contributed by atoms with E-state index >= 15 is 0 Å². The van der Waals surface area contributed by atoms with Gasteiger partial charge in [0.25, 0.3) is 0 Å². The standard InChI is InChI=1S/C14H26O4/c1-6-10-14(5,7-2)11(12(15)17-8-3)13(16)18-9-4/h11H,6-10H2,1-5H3. The molecule has 0 aliphatic heterocycles. The Kier molecular flexibility index (Phi) is 7.64. The summed E-state index contributed by atoms with van der Waals surface area (Å²) in [6.45, 7) is 10.0. The monoisotopic (exact) mass is 258 g/mol. The molecule has 0 bridgehead atoms. The highest BCUT2D eigenvalue weighted by molar-refractivity contribution is 5.95. The van der Waals surface area contributed by atoms with Gasteiger partial charge in [0.15, 0.2) is 5.92 Å². The second-order valence-electron chi connectivity index (χ2n) is 4.69. The Hall–Kier alpha value is -1.06. The lowest BCUT2D eigenvalue weighted by Gasteiger charge is -2.33. The normalized spacial score (nSPS) is 14.1. The summed E-state index contributed by atoms with van der Waals surface area (Å²) >= 11 is 0. The van der Waals surface area contributed by atoms with Crippen molar-refractivity contribution in [1.29, 1.82) is 0 Å². The third-order valence-electron chi connectivity index (χ3n) is 3.37. The van der Waals surface area contributed by atoms with Crippen molar-refractivity contribution in [3.05, 3.63) is 0 Å². The van der Waals surface area contributed by atoms with E-state index in [2.05, 4.69) is 0 Å². The molecule has 0 radical (unpaired) electrons. The maximum atomic E-state index is 12.0. The van der Waals surface area contributed by atoms with Crippen molar-refractivity contribution >= 4 is 11.9 Å². The van der Waals surface area contributed by atoms with E-state index in [1.807, 2.05) is 20.8 Å². The van der Waals surface area contributed by atoms with Crippen molar-refractivity contribution in [1.82, 2.24) is 0 Å². The van der Waals surface area contributed by atoms with Crippen LogP contribution in [0.4, 0.5) is 0 Å². The summed E-state index contributed by atoms with van der Waals surface area (Å²) in [6, 6.07) is 0. The van der Waals surface area contributed by atoms with Crippen LogP contribution < -0.4 is 0 Å². The molecule has 0 aliphatic carbocycles. The summed E-state index contributed by atoms with van der Waals surface area (Å²) in [5.41, 5.74) is -0.396. The lowest BCUT2D eigenvalue weighted by Crippen LogP contribution is -2.41. The van der Waals surface area contributed by atoms with Gasteiger partial charge in [-0.25, -0.2) is 0 Å². The highest BCUT2D eigenvalue weighted by Crippen LogP contribution is 2.37. The zero-order chi connectivity index (χ0) is 14.2. The Morgan fingerprint density at radius 2 is 1.44 bits per heavy atom. The van der Waals surface area contributed by atoms with Crippen LogP contribution >= 0.6 is 0 Å². The van der Waals surface area contributed by atoms with Gasteiger partial charge in [0.05, 0.1) is 13.2 Å². The highest BCUT2D eigenvalue weighted by atomic mass is 16.6. The molecule has 0 spiro atoms. The SMILES string of the molecule is CCCC(C)(CC)C(C(=O)OCC)C(=O)OCC. The first kappa shape index (κ1) is 16.9. The minimum absolute atomic E-state index is 0.278. The molecule has 4 nitrogen and oxygen atoms in total. The number of carbonyl (C=O) groups excluding carboxylic acids is 2. The molecule has 0 aromatic rings. The second kappa shape index (κ2) is 8.11. The molecule has 0 aliphatic rings. The summed E-state index contributed by atoms with van der Waals surface area (Å²) in [6.07, 6.45) is 2.45. The fraction of sp³-hybridized carbons (Fsp3) is 0.857. The lowest BCUT2D eigenvalue weighted by molar-refractivity contribution is -0.168. The summed E-state index contributed by atoms with van der Waals surface area (Å²) in [7, 11) is 0. The molecule has 0 fully saturated rings. The van der Waals surface area contributed by atoms with Crippen LogP contribution in [0.15, 0.2) is 0 Å². The van der Waals surface area contributed by atoms with Gasteiger partial charge in [-0.3, -0.25) is 9.59 Å². The average molecular weight is 258 g/mol. The molecule has 0 aromatic heterocycles. The van der Waals surface area contributed by atoms with Crippen LogP contribution in [0.2, 0.25) is 0 Å². The Morgan fingerprint density at radius 1 is 1.00 bits per heavy atom. The largest absolute Gasteiger partial charge is 0.465 e. The highest BCUT2D eigenvalue weighted by Gasteiger charge is 2.44. The van der Waals surface area contributed by atoms with Crippen LogP contribution in [-0.4, -0.2) is 25.2 Å². The van der Waals surface area contributed by atoms with Gasteiger partial charge in [0, 0.05) is 0 Å². The molecule has 0 aromatic carbocycles. The molecule has 106 valence electrons.